The summed E-state index contributed by atoms with van der Waals surface area (Å²) < 4.78 is 11.1. The van der Waals surface area contributed by atoms with Crippen molar-refractivity contribution >= 4 is 11.9 Å². The molecular formula is C22H25NO4. The van der Waals surface area contributed by atoms with Gasteiger partial charge in [-0.1, -0.05) is 49.2 Å². The number of ether oxygens (including phenoxy) is 2. The second-order valence-electron chi connectivity index (χ2n) is 6.80. The second kappa shape index (κ2) is 9.21. The van der Waals surface area contributed by atoms with E-state index in [9.17, 15) is 9.59 Å². The lowest BCUT2D eigenvalue weighted by Gasteiger charge is -2.18. The number of nitrogens with one attached hydrogen (secondary N) is 1. The number of benzene rings is 2. The molecule has 1 atom stereocenters. The Labute approximate surface area is 159 Å². The van der Waals surface area contributed by atoms with Crippen molar-refractivity contribution in [1.29, 1.82) is 0 Å². The van der Waals surface area contributed by atoms with Crippen molar-refractivity contribution in [1.82, 2.24) is 5.32 Å². The Bertz CT molecular complexity index is 769. The van der Waals surface area contributed by atoms with Crippen LogP contribution in [0.3, 0.4) is 0 Å². The van der Waals surface area contributed by atoms with Crippen molar-refractivity contribution in [3.8, 4) is 5.75 Å². The Kier molecular flexibility index (Phi) is 6.47. The number of amides is 1. The van der Waals surface area contributed by atoms with E-state index in [1.807, 2.05) is 42.5 Å². The SMILES string of the molecule is CC(OC(=O)c1ccccc1COc1ccccc1)C(=O)NC1CCCC1. The van der Waals surface area contributed by atoms with Gasteiger partial charge < -0.3 is 14.8 Å². The van der Waals surface area contributed by atoms with Gasteiger partial charge in [-0.2, -0.15) is 0 Å². The highest BCUT2D eigenvalue weighted by molar-refractivity contribution is 5.93. The molecule has 2 aromatic carbocycles. The standard InChI is InChI=1S/C22H25NO4/c1-16(21(24)23-18-10-6-7-11-18)27-22(25)20-14-8-5-9-17(20)15-26-19-12-3-2-4-13-19/h2-5,8-9,12-14,16,18H,6-7,10-11,15H2,1H3,(H,23,24). The monoisotopic (exact) mass is 367 g/mol. The van der Waals surface area contributed by atoms with E-state index < -0.39 is 12.1 Å². The molecule has 1 N–H and O–H groups in total. The highest BCUT2D eigenvalue weighted by Gasteiger charge is 2.24. The zero-order valence-corrected chi connectivity index (χ0v) is 15.5. The fourth-order valence-electron chi connectivity index (χ4n) is 3.19. The highest BCUT2D eigenvalue weighted by Crippen LogP contribution is 2.19. The number of rotatable bonds is 7. The van der Waals surface area contributed by atoms with Crippen molar-refractivity contribution < 1.29 is 19.1 Å². The number of hydrogen-bond donors (Lipinski definition) is 1. The summed E-state index contributed by atoms with van der Waals surface area (Å²) in [5.74, 6) is -0.0328. The molecular weight excluding hydrogens is 342 g/mol. The first kappa shape index (κ1) is 19.0. The molecule has 142 valence electrons. The largest absolute Gasteiger partial charge is 0.489 e. The molecule has 5 nitrogen and oxygen atoms in total. The van der Waals surface area contributed by atoms with E-state index in [2.05, 4.69) is 5.32 Å². The Morgan fingerprint density at radius 1 is 1.04 bits per heavy atom. The molecule has 5 heteroatoms. The molecule has 0 aliphatic heterocycles. The van der Waals surface area contributed by atoms with Gasteiger partial charge in [0.1, 0.15) is 12.4 Å². The second-order valence-corrected chi connectivity index (χ2v) is 6.80. The summed E-state index contributed by atoms with van der Waals surface area (Å²) in [6, 6.07) is 16.7. The predicted molar refractivity (Wildman–Crippen MR) is 102 cm³/mol. The van der Waals surface area contributed by atoms with Crippen LogP contribution in [0.15, 0.2) is 54.6 Å². The minimum atomic E-state index is -0.832. The molecule has 1 amide bonds. The van der Waals surface area contributed by atoms with Crippen molar-refractivity contribution in [2.75, 3.05) is 0 Å². The Balaban J connectivity index is 1.59. The molecule has 1 unspecified atom stereocenters. The Hall–Kier alpha value is -2.82. The number of hydrogen-bond acceptors (Lipinski definition) is 4. The van der Waals surface area contributed by atoms with E-state index in [4.69, 9.17) is 9.47 Å². The van der Waals surface area contributed by atoms with Crippen LogP contribution in [0.2, 0.25) is 0 Å². The van der Waals surface area contributed by atoms with Gasteiger partial charge in [0, 0.05) is 11.6 Å². The molecule has 0 bridgehead atoms. The third-order valence-electron chi connectivity index (χ3n) is 4.73. The average molecular weight is 367 g/mol. The summed E-state index contributed by atoms with van der Waals surface area (Å²) in [4.78, 5) is 24.8. The van der Waals surface area contributed by atoms with Crippen LogP contribution in [-0.2, 0) is 16.1 Å². The van der Waals surface area contributed by atoms with Gasteiger partial charge in [0.05, 0.1) is 5.56 Å². The van der Waals surface area contributed by atoms with E-state index in [-0.39, 0.29) is 18.6 Å². The molecule has 0 spiro atoms. The molecule has 2 aromatic rings. The molecule has 1 aliphatic carbocycles. The summed E-state index contributed by atoms with van der Waals surface area (Å²) in [5, 5.41) is 2.96. The van der Waals surface area contributed by atoms with Crippen molar-refractivity contribution in [2.24, 2.45) is 0 Å². The minimum absolute atomic E-state index is 0.199. The summed E-state index contributed by atoms with van der Waals surface area (Å²) in [7, 11) is 0. The van der Waals surface area contributed by atoms with E-state index in [1.165, 1.54) is 0 Å². The van der Waals surface area contributed by atoms with E-state index in [0.717, 1.165) is 37.0 Å². The van der Waals surface area contributed by atoms with Gasteiger partial charge in [-0.25, -0.2) is 4.79 Å². The Morgan fingerprint density at radius 2 is 1.70 bits per heavy atom. The van der Waals surface area contributed by atoms with Gasteiger partial charge in [0.2, 0.25) is 0 Å². The number of carbonyl (C=O) groups is 2. The zero-order chi connectivity index (χ0) is 19.1. The number of esters is 1. The number of carbonyl (C=O) groups excluding carboxylic acids is 2. The lowest BCUT2D eigenvalue weighted by atomic mass is 10.1. The summed E-state index contributed by atoms with van der Waals surface area (Å²) in [5.41, 5.74) is 1.13. The van der Waals surface area contributed by atoms with E-state index in [0.29, 0.717) is 5.56 Å². The quantitative estimate of drug-likeness (QED) is 0.755. The summed E-state index contributed by atoms with van der Waals surface area (Å²) in [6.45, 7) is 1.85. The fraction of sp³-hybridized carbons (Fsp3) is 0.364. The molecule has 0 radical (unpaired) electrons. The van der Waals surface area contributed by atoms with Crippen molar-refractivity contribution in [3.63, 3.8) is 0 Å². The molecule has 1 saturated carbocycles. The van der Waals surface area contributed by atoms with Gasteiger partial charge >= 0.3 is 5.97 Å². The molecule has 0 heterocycles. The van der Waals surface area contributed by atoms with Crippen LogP contribution in [-0.4, -0.2) is 24.0 Å². The topological polar surface area (TPSA) is 64.6 Å². The normalized spacial score (nSPS) is 15.1. The molecule has 0 saturated heterocycles. The predicted octanol–water partition coefficient (Wildman–Crippen LogP) is 3.87. The summed E-state index contributed by atoms with van der Waals surface area (Å²) in [6.07, 6.45) is 3.42. The van der Waals surface area contributed by atoms with Crippen molar-refractivity contribution in [3.05, 3.63) is 65.7 Å². The van der Waals surface area contributed by atoms with Crippen LogP contribution < -0.4 is 10.1 Å². The lowest BCUT2D eigenvalue weighted by Crippen LogP contribution is -2.40. The first-order valence-corrected chi connectivity index (χ1v) is 9.40. The van der Waals surface area contributed by atoms with E-state index >= 15 is 0 Å². The smallest absolute Gasteiger partial charge is 0.339 e. The Morgan fingerprint density at radius 3 is 2.44 bits per heavy atom. The van der Waals surface area contributed by atoms with Gasteiger partial charge in [-0.15, -0.1) is 0 Å². The van der Waals surface area contributed by atoms with Crippen LogP contribution in [0.25, 0.3) is 0 Å². The van der Waals surface area contributed by atoms with Crippen LogP contribution in [0, 0.1) is 0 Å². The maximum absolute atomic E-state index is 12.6. The van der Waals surface area contributed by atoms with E-state index in [1.54, 1.807) is 19.1 Å². The van der Waals surface area contributed by atoms with Crippen LogP contribution in [0.5, 0.6) is 5.75 Å². The zero-order valence-electron chi connectivity index (χ0n) is 15.5. The minimum Gasteiger partial charge on any atom is -0.489 e. The third-order valence-corrected chi connectivity index (χ3v) is 4.73. The van der Waals surface area contributed by atoms with Crippen molar-refractivity contribution in [2.45, 2.75) is 51.4 Å². The van der Waals surface area contributed by atoms with Crippen LogP contribution in [0.4, 0.5) is 0 Å². The maximum atomic E-state index is 12.6. The molecule has 1 aliphatic rings. The fourth-order valence-corrected chi connectivity index (χ4v) is 3.19. The molecule has 27 heavy (non-hydrogen) atoms. The highest BCUT2D eigenvalue weighted by atomic mass is 16.5. The third kappa shape index (κ3) is 5.33. The first-order chi connectivity index (χ1) is 13.1. The maximum Gasteiger partial charge on any atom is 0.339 e. The number of para-hydroxylation sites is 1. The van der Waals surface area contributed by atoms with Gasteiger partial charge in [-0.05, 0) is 38.0 Å². The summed E-state index contributed by atoms with van der Waals surface area (Å²) >= 11 is 0. The van der Waals surface area contributed by atoms with Gasteiger partial charge in [-0.3, -0.25) is 4.79 Å². The average Bonchev–Trinajstić information content (AvgIpc) is 3.20. The molecule has 1 fully saturated rings. The molecule has 3 rings (SSSR count). The lowest BCUT2D eigenvalue weighted by molar-refractivity contribution is -0.129. The molecule has 0 aromatic heterocycles. The van der Waals surface area contributed by atoms with Gasteiger partial charge in [0.25, 0.3) is 5.91 Å². The van der Waals surface area contributed by atoms with Crippen LogP contribution in [0.1, 0.15) is 48.5 Å². The first-order valence-electron chi connectivity index (χ1n) is 9.40. The van der Waals surface area contributed by atoms with Crippen LogP contribution >= 0.6 is 0 Å². The van der Waals surface area contributed by atoms with Gasteiger partial charge in [0.15, 0.2) is 6.10 Å².